The number of thiazole rings is 1. The predicted molar refractivity (Wildman–Crippen MR) is 82.7 cm³/mol. The van der Waals surface area contributed by atoms with Crippen LogP contribution in [-0.4, -0.2) is 30.5 Å². The van der Waals surface area contributed by atoms with Gasteiger partial charge in [0.25, 0.3) is 5.91 Å². The molecule has 1 amide bonds. The fraction of sp³-hybridized carbons (Fsp3) is 0.385. The summed E-state index contributed by atoms with van der Waals surface area (Å²) < 4.78 is 5.48. The summed E-state index contributed by atoms with van der Waals surface area (Å²) in [7, 11) is 0. The highest BCUT2D eigenvalue weighted by Crippen LogP contribution is 2.25. The zero-order valence-corrected chi connectivity index (χ0v) is 13.1. The third-order valence-electron chi connectivity index (χ3n) is 2.53. The Morgan fingerprint density at radius 3 is 2.85 bits per heavy atom. The van der Waals surface area contributed by atoms with E-state index in [0.29, 0.717) is 18.0 Å². The molecule has 0 atom stereocenters. The van der Waals surface area contributed by atoms with Gasteiger partial charge in [-0.2, -0.15) is 0 Å². The molecule has 2 aromatic rings. The van der Waals surface area contributed by atoms with Crippen molar-refractivity contribution in [1.29, 1.82) is 0 Å². The van der Waals surface area contributed by atoms with E-state index < -0.39 is 0 Å². The minimum absolute atomic E-state index is 0. The van der Waals surface area contributed by atoms with Crippen LogP contribution in [0.5, 0.6) is 0 Å². The van der Waals surface area contributed by atoms with Crippen molar-refractivity contribution in [3.8, 4) is 10.8 Å². The minimum Gasteiger partial charge on any atom is -0.459 e. The Balaban J connectivity index is 0.00000200. The van der Waals surface area contributed by atoms with Crippen LogP contribution in [0, 0.1) is 6.92 Å². The fourth-order valence-electron chi connectivity index (χ4n) is 1.57. The van der Waals surface area contributed by atoms with Crippen LogP contribution in [0.25, 0.3) is 10.8 Å². The molecule has 2 rings (SSSR count). The van der Waals surface area contributed by atoms with Gasteiger partial charge in [-0.3, -0.25) is 4.79 Å². The van der Waals surface area contributed by atoms with Gasteiger partial charge in [-0.05, 0) is 25.6 Å². The normalized spacial score (nSPS) is 10.1. The number of rotatable bonds is 6. The number of carbonyl (C=O) groups excluding carboxylic acids is 1. The van der Waals surface area contributed by atoms with Crippen molar-refractivity contribution in [3.63, 3.8) is 0 Å². The lowest BCUT2D eigenvalue weighted by Gasteiger charge is -2.02. The second-order valence-corrected chi connectivity index (χ2v) is 4.92. The first-order valence-electron chi connectivity index (χ1n) is 6.22. The quantitative estimate of drug-likeness (QED) is 0.804. The Bertz CT molecular complexity index is 553. The average molecular weight is 316 g/mol. The molecule has 0 aliphatic heterocycles. The topological polar surface area (TPSA) is 67.2 Å². The molecule has 0 saturated carbocycles. The Morgan fingerprint density at radius 2 is 2.20 bits per heavy atom. The maximum Gasteiger partial charge on any atom is 0.270 e. The lowest BCUT2D eigenvalue weighted by molar-refractivity contribution is 0.0950. The van der Waals surface area contributed by atoms with E-state index in [2.05, 4.69) is 15.6 Å². The second kappa shape index (κ2) is 8.04. The molecule has 0 aromatic carbocycles. The maximum absolute atomic E-state index is 11.8. The molecule has 0 bridgehead atoms. The predicted octanol–water partition coefficient (Wildman–Crippen LogP) is 2.47. The highest BCUT2D eigenvalue weighted by atomic mass is 35.5. The number of amides is 1. The van der Waals surface area contributed by atoms with E-state index in [1.807, 2.05) is 26.0 Å². The SMILES string of the molecule is CCNCCNC(=O)c1csc(-c2ccc(C)o2)n1.Cl. The van der Waals surface area contributed by atoms with Crippen LogP contribution in [0.15, 0.2) is 21.9 Å². The Morgan fingerprint density at radius 1 is 1.40 bits per heavy atom. The molecule has 0 saturated heterocycles. The summed E-state index contributed by atoms with van der Waals surface area (Å²) in [5, 5.41) is 8.43. The molecule has 0 aliphatic rings. The van der Waals surface area contributed by atoms with Crippen LogP contribution in [0.2, 0.25) is 0 Å². The molecule has 5 nitrogen and oxygen atoms in total. The number of halogens is 1. The van der Waals surface area contributed by atoms with Gasteiger partial charge in [0.15, 0.2) is 10.8 Å². The van der Waals surface area contributed by atoms with Crippen molar-refractivity contribution < 1.29 is 9.21 Å². The summed E-state index contributed by atoms with van der Waals surface area (Å²) in [6, 6.07) is 3.74. The number of carbonyl (C=O) groups is 1. The van der Waals surface area contributed by atoms with Gasteiger partial charge in [0.2, 0.25) is 0 Å². The van der Waals surface area contributed by atoms with E-state index in [1.54, 1.807) is 5.38 Å². The molecule has 110 valence electrons. The summed E-state index contributed by atoms with van der Waals surface area (Å²) in [5.41, 5.74) is 0.436. The molecule has 2 heterocycles. The number of likely N-dealkylation sites (N-methyl/N-ethyl adjacent to an activating group) is 1. The van der Waals surface area contributed by atoms with E-state index in [9.17, 15) is 4.79 Å². The van der Waals surface area contributed by atoms with Gasteiger partial charge in [0.1, 0.15) is 11.5 Å². The lowest BCUT2D eigenvalue weighted by Crippen LogP contribution is -2.31. The van der Waals surface area contributed by atoms with Gasteiger partial charge in [-0.15, -0.1) is 23.7 Å². The molecular formula is C13H18ClN3O2S. The summed E-state index contributed by atoms with van der Waals surface area (Å²) >= 11 is 1.41. The molecule has 0 radical (unpaired) electrons. The van der Waals surface area contributed by atoms with Gasteiger partial charge >= 0.3 is 0 Å². The Labute approximate surface area is 128 Å². The first-order valence-corrected chi connectivity index (χ1v) is 7.10. The van der Waals surface area contributed by atoms with Crippen LogP contribution < -0.4 is 10.6 Å². The number of nitrogens with zero attached hydrogens (tertiary/aromatic N) is 1. The van der Waals surface area contributed by atoms with E-state index >= 15 is 0 Å². The molecule has 7 heteroatoms. The van der Waals surface area contributed by atoms with Crippen molar-refractivity contribution in [2.45, 2.75) is 13.8 Å². The third kappa shape index (κ3) is 4.33. The molecule has 0 fully saturated rings. The van der Waals surface area contributed by atoms with Crippen LogP contribution in [0.4, 0.5) is 0 Å². The lowest BCUT2D eigenvalue weighted by atomic mass is 10.4. The highest BCUT2D eigenvalue weighted by Gasteiger charge is 2.13. The molecule has 20 heavy (non-hydrogen) atoms. The number of aromatic nitrogens is 1. The fourth-order valence-corrected chi connectivity index (χ4v) is 2.33. The Hall–Kier alpha value is -1.37. The van der Waals surface area contributed by atoms with Crippen LogP contribution in [0.1, 0.15) is 23.2 Å². The van der Waals surface area contributed by atoms with E-state index in [1.165, 1.54) is 11.3 Å². The minimum atomic E-state index is -0.149. The van der Waals surface area contributed by atoms with Gasteiger partial charge in [-0.1, -0.05) is 6.92 Å². The molecular weight excluding hydrogens is 298 g/mol. The van der Waals surface area contributed by atoms with Gasteiger partial charge in [-0.25, -0.2) is 4.98 Å². The molecule has 0 aliphatic carbocycles. The zero-order chi connectivity index (χ0) is 13.7. The van der Waals surface area contributed by atoms with Crippen molar-refractivity contribution in [2.75, 3.05) is 19.6 Å². The monoisotopic (exact) mass is 315 g/mol. The van der Waals surface area contributed by atoms with Gasteiger partial charge in [0, 0.05) is 18.5 Å². The Kier molecular flexibility index (Phi) is 6.70. The number of hydrogen-bond acceptors (Lipinski definition) is 5. The number of aryl methyl sites for hydroxylation is 1. The maximum atomic E-state index is 11.8. The number of nitrogens with one attached hydrogen (secondary N) is 2. The average Bonchev–Trinajstić information content (AvgIpc) is 3.02. The van der Waals surface area contributed by atoms with Crippen LogP contribution in [0.3, 0.4) is 0 Å². The van der Waals surface area contributed by atoms with Crippen LogP contribution >= 0.6 is 23.7 Å². The smallest absolute Gasteiger partial charge is 0.270 e. The largest absolute Gasteiger partial charge is 0.459 e. The highest BCUT2D eigenvalue weighted by molar-refractivity contribution is 7.13. The van der Waals surface area contributed by atoms with E-state index in [0.717, 1.165) is 23.9 Å². The van der Waals surface area contributed by atoms with Crippen molar-refractivity contribution >= 4 is 29.7 Å². The third-order valence-corrected chi connectivity index (χ3v) is 3.38. The number of hydrogen-bond donors (Lipinski definition) is 2. The van der Waals surface area contributed by atoms with Crippen molar-refractivity contribution in [2.24, 2.45) is 0 Å². The zero-order valence-electron chi connectivity index (χ0n) is 11.4. The number of furan rings is 1. The summed E-state index contributed by atoms with van der Waals surface area (Å²) in [4.78, 5) is 16.1. The second-order valence-electron chi connectivity index (χ2n) is 4.06. The van der Waals surface area contributed by atoms with E-state index in [4.69, 9.17) is 4.42 Å². The van der Waals surface area contributed by atoms with E-state index in [-0.39, 0.29) is 18.3 Å². The molecule has 0 spiro atoms. The summed E-state index contributed by atoms with van der Waals surface area (Å²) in [6.45, 7) is 6.16. The first-order chi connectivity index (χ1) is 9.20. The van der Waals surface area contributed by atoms with Crippen molar-refractivity contribution in [1.82, 2.24) is 15.6 Å². The van der Waals surface area contributed by atoms with Crippen LogP contribution in [-0.2, 0) is 0 Å². The molecule has 2 N–H and O–H groups in total. The summed E-state index contributed by atoms with van der Waals surface area (Å²) in [5.74, 6) is 1.39. The summed E-state index contributed by atoms with van der Waals surface area (Å²) in [6.07, 6.45) is 0. The molecule has 2 aromatic heterocycles. The molecule has 0 unspecified atom stereocenters. The first kappa shape index (κ1) is 16.7. The standard InChI is InChI=1S/C13H17N3O2S.ClH/c1-3-14-6-7-15-12(17)10-8-19-13(16-10)11-5-4-9(2)18-11;/h4-5,8,14H,3,6-7H2,1-2H3,(H,15,17);1H. The van der Waals surface area contributed by atoms with Crippen molar-refractivity contribution in [3.05, 3.63) is 29.0 Å². The van der Waals surface area contributed by atoms with Gasteiger partial charge < -0.3 is 15.1 Å². The van der Waals surface area contributed by atoms with Gasteiger partial charge in [0.05, 0.1) is 0 Å².